The number of rotatable bonds is 3. The lowest BCUT2D eigenvalue weighted by Gasteiger charge is -2.19. The smallest absolute Gasteiger partial charge is 0.149 e. The maximum atomic E-state index is 7.83. The van der Waals surface area contributed by atoms with Crippen LogP contribution in [0, 0.1) is 5.41 Å². The molecule has 20 heavy (non-hydrogen) atoms. The summed E-state index contributed by atoms with van der Waals surface area (Å²) in [7, 11) is 0. The predicted molar refractivity (Wildman–Crippen MR) is 78.4 cm³/mol. The summed E-state index contributed by atoms with van der Waals surface area (Å²) in [5, 5.41) is 7.83. The Hall–Kier alpha value is -2.17. The number of hydrogen-bond acceptors (Lipinski definition) is 3. The monoisotopic (exact) mass is 269 g/mol. The molecular weight excluding hydrogens is 250 g/mol. The van der Waals surface area contributed by atoms with Gasteiger partial charge in [0.25, 0.3) is 0 Å². The molecule has 0 aliphatic heterocycles. The summed E-state index contributed by atoms with van der Waals surface area (Å²) in [6.07, 6.45) is 8.90. The summed E-state index contributed by atoms with van der Waals surface area (Å²) in [4.78, 5) is 9.12. The van der Waals surface area contributed by atoms with Gasteiger partial charge in [-0.15, -0.1) is 0 Å². The minimum absolute atomic E-state index is 0.0663. The Balaban J connectivity index is 2.20. The molecule has 5 heteroatoms. The normalized spacial score (nSPS) is 14.1. The largest absolute Gasteiger partial charge is 0.384 e. The van der Waals surface area contributed by atoms with Crippen LogP contribution in [0.2, 0.25) is 0 Å². The van der Waals surface area contributed by atoms with Crippen LogP contribution in [0.3, 0.4) is 0 Å². The van der Waals surface area contributed by atoms with Crippen molar-refractivity contribution in [3.05, 3.63) is 41.1 Å². The molecule has 0 fully saturated rings. The first kappa shape index (κ1) is 12.8. The number of nitrogens with zero attached hydrogens (tertiary/aromatic N) is 3. The SMILES string of the molecule is CCc1nccn1-c1nc2c(cc1C(=N)N)CCCC2. The van der Waals surface area contributed by atoms with E-state index in [2.05, 4.69) is 11.9 Å². The zero-order valence-electron chi connectivity index (χ0n) is 11.7. The predicted octanol–water partition coefficient (Wildman–Crippen LogP) is 1.99. The molecule has 0 bridgehead atoms. The Morgan fingerprint density at radius 1 is 1.40 bits per heavy atom. The molecule has 0 amide bonds. The van der Waals surface area contributed by atoms with Gasteiger partial charge in [0.15, 0.2) is 0 Å². The molecule has 3 rings (SSSR count). The quantitative estimate of drug-likeness (QED) is 0.660. The first-order valence-electron chi connectivity index (χ1n) is 7.10. The molecule has 0 saturated carbocycles. The summed E-state index contributed by atoms with van der Waals surface area (Å²) >= 11 is 0. The van der Waals surface area contributed by atoms with Gasteiger partial charge in [-0.05, 0) is 37.3 Å². The highest BCUT2D eigenvalue weighted by Gasteiger charge is 2.18. The minimum atomic E-state index is 0.0663. The van der Waals surface area contributed by atoms with Gasteiger partial charge in [0.05, 0.1) is 5.56 Å². The number of nitrogen functional groups attached to an aromatic ring is 1. The zero-order chi connectivity index (χ0) is 14.1. The van der Waals surface area contributed by atoms with Gasteiger partial charge >= 0.3 is 0 Å². The second kappa shape index (κ2) is 5.07. The average molecular weight is 269 g/mol. The maximum absolute atomic E-state index is 7.83. The van der Waals surface area contributed by atoms with Crippen LogP contribution in [0.1, 0.15) is 42.4 Å². The third-order valence-corrected chi connectivity index (χ3v) is 3.83. The fourth-order valence-corrected chi connectivity index (χ4v) is 2.79. The van der Waals surface area contributed by atoms with Crippen molar-refractivity contribution in [2.75, 3.05) is 0 Å². The van der Waals surface area contributed by atoms with Crippen LogP contribution in [0.5, 0.6) is 0 Å². The number of pyridine rings is 1. The molecule has 0 saturated heterocycles. The molecule has 1 aliphatic carbocycles. The minimum Gasteiger partial charge on any atom is -0.384 e. The van der Waals surface area contributed by atoms with Crippen LogP contribution in [0.15, 0.2) is 18.5 Å². The molecule has 0 spiro atoms. The summed E-state index contributed by atoms with van der Waals surface area (Å²) in [5.74, 6) is 1.75. The Morgan fingerprint density at radius 3 is 2.95 bits per heavy atom. The van der Waals surface area contributed by atoms with Crippen molar-refractivity contribution in [2.45, 2.75) is 39.0 Å². The highest BCUT2D eigenvalue weighted by atomic mass is 15.1. The van der Waals surface area contributed by atoms with Crippen molar-refractivity contribution < 1.29 is 0 Å². The second-order valence-electron chi connectivity index (χ2n) is 5.15. The van der Waals surface area contributed by atoms with Crippen molar-refractivity contribution in [2.24, 2.45) is 5.73 Å². The third kappa shape index (κ3) is 2.09. The van der Waals surface area contributed by atoms with E-state index >= 15 is 0 Å². The van der Waals surface area contributed by atoms with Crippen molar-refractivity contribution in [3.8, 4) is 5.82 Å². The van der Waals surface area contributed by atoms with E-state index in [-0.39, 0.29) is 5.84 Å². The lowest BCUT2D eigenvalue weighted by molar-refractivity contribution is 0.663. The van der Waals surface area contributed by atoms with E-state index in [1.54, 1.807) is 6.20 Å². The molecule has 3 N–H and O–H groups in total. The fraction of sp³-hybridized carbons (Fsp3) is 0.400. The van der Waals surface area contributed by atoms with Crippen molar-refractivity contribution in [1.82, 2.24) is 14.5 Å². The summed E-state index contributed by atoms with van der Waals surface area (Å²) in [6.45, 7) is 2.06. The summed E-state index contributed by atoms with van der Waals surface area (Å²) in [6, 6.07) is 2.04. The molecule has 0 radical (unpaired) electrons. The van der Waals surface area contributed by atoms with Gasteiger partial charge in [0.2, 0.25) is 0 Å². The molecule has 2 heterocycles. The first-order chi connectivity index (χ1) is 9.70. The number of fused-ring (bicyclic) bond motifs is 1. The number of aromatic nitrogens is 3. The Labute approximate surface area is 118 Å². The van der Waals surface area contributed by atoms with E-state index < -0.39 is 0 Å². The topological polar surface area (TPSA) is 80.6 Å². The summed E-state index contributed by atoms with van der Waals surface area (Å²) in [5.41, 5.74) is 8.85. The van der Waals surface area contributed by atoms with Crippen LogP contribution in [-0.2, 0) is 19.3 Å². The van der Waals surface area contributed by atoms with Gasteiger partial charge < -0.3 is 5.73 Å². The lowest BCUT2D eigenvalue weighted by Crippen LogP contribution is -2.20. The van der Waals surface area contributed by atoms with E-state index in [1.807, 2.05) is 16.8 Å². The van der Waals surface area contributed by atoms with Gasteiger partial charge in [-0.1, -0.05) is 6.92 Å². The fourth-order valence-electron chi connectivity index (χ4n) is 2.79. The molecule has 0 aromatic carbocycles. The molecular formula is C15H19N5. The van der Waals surface area contributed by atoms with Crippen LogP contribution in [0.4, 0.5) is 0 Å². The zero-order valence-corrected chi connectivity index (χ0v) is 11.7. The van der Waals surface area contributed by atoms with Crippen LogP contribution in [-0.4, -0.2) is 20.4 Å². The van der Waals surface area contributed by atoms with Gasteiger partial charge in [0.1, 0.15) is 17.5 Å². The number of nitrogens with one attached hydrogen (secondary N) is 1. The highest BCUT2D eigenvalue weighted by Crippen LogP contribution is 2.24. The van der Waals surface area contributed by atoms with E-state index in [4.69, 9.17) is 16.1 Å². The van der Waals surface area contributed by atoms with Gasteiger partial charge in [-0.3, -0.25) is 9.98 Å². The number of nitrogens with two attached hydrogens (primary N) is 1. The van der Waals surface area contributed by atoms with Gasteiger partial charge in [-0.2, -0.15) is 0 Å². The van der Waals surface area contributed by atoms with Gasteiger partial charge in [-0.25, -0.2) is 9.97 Å². The number of hydrogen-bond donors (Lipinski definition) is 2. The van der Waals surface area contributed by atoms with Crippen LogP contribution >= 0.6 is 0 Å². The molecule has 2 aromatic heterocycles. The maximum Gasteiger partial charge on any atom is 0.149 e. The average Bonchev–Trinajstić information content (AvgIpc) is 2.94. The van der Waals surface area contributed by atoms with Crippen LogP contribution in [0.25, 0.3) is 5.82 Å². The van der Waals surface area contributed by atoms with E-state index in [0.29, 0.717) is 5.56 Å². The number of aryl methyl sites for hydroxylation is 3. The first-order valence-corrected chi connectivity index (χ1v) is 7.10. The lowest BCUT2D eigenvalue weighted by atomic mass is 9.94. The molecule has 2 aromatic rings. The van der Waals surface area contributed by atoms with Crippen molar-refractivity contribution >= 4 is 5.84 Å². The third-order valence-electron chi connectivity index (χ3n) is 3.83. The van der Waals surface area contributed by atoms with E-state index in [1.165, 1.54) is 18.4 Å². The Bertz CT molecular complexity index is 656. The second-order valence-corrected chi connectivity index (χ2v) is 5.15. The summed E-state index contributed by atoms with van der Waals surface area (Å²) < 4.78 is 1.95. The Kier molecular flexibility index (Phi) is 3.26. The molecule has 104 valence electrons. The number of imidazole rings is 1. The van der Waals surface area contributed by atoms with E-state index in [0.717, 1.165) is 36.6 Å². The number of amidine groups is 1. The van der Waals surface area contributed by atoms with E-state index in [9.17, 15) is 0 Å². The molecule has 0 unspecified atom stereocenters. The van der Waals surface area contributed by atoms with Crippen molar-refractivity contribution in [1.29, 1.82) is 5.41 Å². The molecule has 5 nitrogen and oxygen atoms in total. The van der Waals surface area contributed by atoms with Crippen molar-refractivity contribution in [3.63, 3.8) is 0 Å². The Morgan fingerprint density at radius 2 is 2.20 bits per heavy atom. The highest BCUT2D eigenvalue weighted by molar-refractivity contribution is 5.98. The molecule has 0 atom stereocenters. The molecule has 1 aliphatic rings. The standard InChI is InChI=1S/C15H19N5/c1-2-13-18-7-8-20(13)15-11(14(16)17)9-10-5-3-4-6-12(10)19-15/h7-9H,2-6H2,1H3,(H3,16,17). The van der Waals surface area contributed by atoms with Gasteiger partial charge in [0, 0.05) is 24.5 Å². The van der Waals surface area contributed by atoms with Crippen LogP contribution < -0.4 is 5.73 Å².